The van der Waals surface area contributed by atoms with Crippen molar-refractivity contribution in [1.82, 2.24) is 0 Å². The van der Waals surface area contributed by atoms with E-state index in [1.165, 1.54) is 12.2 Å². The molecule has 1 fully saturated rings. The third-order valence-corrected chi connectivity index (χ3v) is 3.45. The molecule has 0 aromatic heterocycles. The molecule has 1 aromatic rings. The average molecular weight is 288 g/mol. The molecule has 0 amide bonds. The number of hydrogen-bond acceptors (Lipinski definition) is 4. The van der Waals surface area contributed by atoms with Crippen LogP contribution < -0.4 is 9.47 Å². The van der Waals surface area contributed by atoms with Gasteiger partial charge in [-0.2, -0.15) is 0 Å². The number of ether oxygens (including phenoxy) is 2. The zero-order valence-electron chi connectivity index (χ0n) is 12.2. The van der Waals surface area contributed by atoms with Crippen molar-refractivity contribution < 1.29 is 19.1 Å². The zero-order chi connectivity index (χ0) is 15.1. The molecule has 1 aliphatic rings. The van der Waals surface area contributed by atoms with E-state index in [2.05, 4.69) is 0 Å². The van der Waals surface area contributed by atoms with E-state index >= 15 is 0 Å². The SMILES string of the molecule is CCOc1ccc(C(=O)C=CC=O)c(OC2CCCC2)c1. The molecule has 0 unspecified atom stereocenters. The van der Waals surface area contributed by atoms with Crippen LogP contribution >= 0.6 is 0 Å². The Hall–Kier alpha value is -2.10. The minimum absolute atomic E-state index is 0.156. The van der Waals surface area contributed by atoms with Crippen LogP contribution in [0, 0.1) is 0 Å². The molecule has 4 nitrogen and oxygen atoms in total. The Bertz CT molecular complexity index is 528. The van der Waals surface area contributed by atoms with Gasteiger partial charge in [0.1, 0.15) is 17.8 Å². The van der Waals surface area contributed by atoms with Crippen LogP contribution in [0.1, 0.15) is 43.0 Å². The molecular weight excluding hydrogens is 268 g/mol. The number of rotatable bonds is 7. The van der Waals surface area contributed by atoms with E-state index < -0.39 is 0 Å². The van der Waals surface area contributed by atoms with Crippen molar-refractivity contribution in [3.05, 3.63) is 35.9 Å². The molecular formula is C17H20O4. The number of carbonyl (C=O) groups excluding carboxylic acids is 2. The van der Waals surface area contributed by atoms with Crippen LogP contribution in [-0.4, -0.2) is 24.8 Å². The smallest absolute Gasteiger partial charge is 0.189 e. The first-order valence-electron chi connectivity index (χ1n) is 7.34. The van der Waals surface area contributed by atoms with Gasteiger partial charge in [0.2, 0.25) is 0 Å². The van der Waals surface area contributed by atoms with E-state index in [-0.39, 0.29) is 11.9 Å². The predicted octanol–water partition coefficient (Wildman–Crippen LogP) is 3.34. The second kappa shape index (κ2) is 7.62. The molecule has 0 heterocycles. The van der Waals surface area contributed by atoms with Gasteiger partial charge in [0, 0.05) is 6.07 Å². The number of hydrogen-bond donors (Lipinski definition) is 0. The Balaban J connectivity index is 2.26. The van der Waals surface area contributed by atoms with E-state index in [0.717, 1.165) is 25.7 Å². The van der Waals surface area contributed by atoms with Crippen molar-refractivity contribution in [1.29, 1.82) is 0 Å². The zero-order valence-corrected chi connectivity index (χ0v) is 12.2. The Morgan fingerprint density at radius 1 is 1.33 bits per heavy atom. The number of benzene rings is 1. The lowest BCUT2D eigenvalue weighted by molar-refractivity contribution is -0.104. The first-order valence-corrected chi connectivity index (χ1v) is 7.34. The van der Waals surface area contributed by atoms with Crippen molar-refractivity contribution in [2.45, 2.75) is 38.7 Å². The average Bonchev–Trinajstić information content (AvgIpc) is 2.98. The molecule has 0 spiro atoms. The summed E-state index contributed by atoms with van der Waals surface area (Å²) in [5.41, 5.74) is 0.462. The fourth-order valence-electron chi connectivity index (χ4n) is 2.46. The molecule has 0 N–H and O–H groups in total. The van der Waals surface area contributed by atoms with E-state index in [0.29, 0.717) is 30.0 Å². The second-order valence-electron chi connectivity index (χ2n) is 4.97. The van der Waals surface area contributed by atoms with Crippen LogP contribution in [0.2, 0.25) is 0 Å². The lowest BCUT2D eigenvalue weighted by atomic mass is 10.1. The largest absolute Gasteiger partial charge is 0.494 e. The maximum atomic E-state index is 12.1. The lowest BCUT2D eigenvalue weighted by Crippen LogP contribution is -2.13. The summed E-state index contributed by atoms with van der Waals surface area (Å²) in [6.07, 6.45) is 7.52. The fraction of sp³-hybridized carbons (Fsp3) is 0.412. The van der Waals surface area contributed by atoms with Gasteiger partial charge in [-0.15, -0.1) is 0 Å². The molecule has 0 atom stereocenters. The quantitative estimate of drug-likeness (QED) is 0.438. The summed E-state index contributed by atoms with van der Waals surface area (Å²) in [6.45, 7) is 2.46. The molecule has 0 saturated heterocycles. The Kier molecular flexibility index (Phi) is 5.55. The Morgan fingerprint density at radius 3 is 2.76 bits per heavy atom. The van der Waals surface area contributed by atoms with Gasteiger partial charge in [-0.3, -0.25) is 9.59 Å². The molecule has 1 saturated carbocycles. The first-order chi connectivity index (χ1) is 10.2. The summed E-state index contributed by atoms with van der Waals surface area (Å²) in [4.78, 5) is 22.5. The highest BCUT2D eigenvalue weighted by Gasteiger charge is 2.20. The van der Waals surface area contributed by atoms with E-state index in [1.807, 2.05) is 6.92 Å². The molecule has 0 bridgehead atoms. The van der Waals surface area contributed by atoms with Gasteiger partial charge in [0.25, 0.3) is 0 Å². The number of carbonyl (C=O) groups is 2. The second-order valence-corrected chi connectivity index (χ2v) is 4.97. The maximum absolute atomic E-state index is 12.1. The van der Waals surface area contributed by atoms with Gasteiger partial charge < -0.3 is 9.47 Å². The summed E-state index contributed by atoms with van der Waals surface area (Å²) >= 11 is 0. The van der Waals surface area contributed by atoms with Gasteiger partial charge in [-0.05, 0) is 56.9 Å². The van der Waals surface area contributed by atoms with Crippen molar-refractivity contribution in [3.63, 3.8) is 0 Å². The predicted molar refractivity (Wildman–Crippen MR) is 80.0 cm³/mol. The lowest BCUT2D eigenvalue weighted by Gasteiger charge is -2.16. The highest BCUT2D eigenvalue weighted by Crippen LogP contribution is 2.30. The van der Waals surface area contributed by atoms with Crippen LogP contribution in [0.25, 0.3) is 0 Å². The molecule has 0 radical (unpaired) electrons. The third-order valence-electron chi connectivity index (χ3n) is 3.45. The third kappa shape index (κ3) is 4.18. The van der Waals surface area contributed by atoms with Crippen LogP contribution in [0.4, 0.5) is 0 Å². The maximum Gasteiger partial charge on any atom is 0.189 e. The standard InChI is InChI=1S/C17H20O4/c1-2-20-14-9-10-15(16(19)8-5-11-18)17(12-14)21-13-6-3-4-7-13/h5,8-13H,2-4,6-7H2,1H3. The van der Waals surface area contributed by atoms with Crippen molar-refractivity contribution >= 4 is 12.1 Å². The fourth-order valence-corrected chi connectivity index (χ4v) is 2.46. The van der Waals surface area contributed by atoms with Crippen LogP contribution in [0.5, 0.6) is 11.5 Å². The molecule has 1 aliphatic carbocycles. The minimum Gasteiger partial charge on any atom is -0.494 e. The molecule has 4 heteroatoms. The van der Waals surface area contributed by atoms with Crippen LogP contribution in [0.15, 0.2) is 30.4 Å². The number of aldehydes is 1. The van der Waals surface area contributed by atoms with Gasteiger partial charge in [-0.25, -0.2) is 0 Å². The van der Waals surface area contributed by atoms with Crippen LogP contribution in [0.3, 0.4) is 0 Å². The minimum atomic E-state index is -0.238. The molecule has 112 valence electrons. The van der Waals surface area contributed by atoms with E-state index in [4.69, 9.17) is 9.47 Å². The summed E-state index contributed by atoms with van der Waals surface area (Å²) in [6, 6.07) is 5.18. The topological polar surface area (TPSA) is 52.6 Å². The molecule has 21 heavy (non-hydrogen) atoms. The number of ketones is 1. The van der Waals surface area contributed by atoms with E-state index in [9.17, 15) is 9.59 Å². The summed E-state index contributed by atoms with van der Waals surface area (Å²) in [5.74, 6) is 0.980. The van der Waals surface area contributed by atoms with Crippen molar-refractivity contribution in [2.75, 3.05) is 6.61 Å². The number of allylic oxidation sites excluding steroid dienone is 2. The highest BCUT2D eigenvalue weighted by molar-refractivity contribution is 6.07. The van der Waals surface area contributed by atoms with Gasteiger partial charge in [0.05, 0.1) is 18.3 Å². The first kappa shape index (κ1) is 15.3. The van der Waals surface area contributed by atoms with Crippen molar-refractivity contribution in [2.24, 2.45) is 0 Å². The summed E-state index contributed by atoms with van der Waals surface area (Å²) in [5, 5.41) is 0. The molecule has 1 aromatic carbocycles. The van der Waals surface area contributed by atoms with Crippen molar-refractivity contribution in [3.8, 4) is 11.5 Å². The van der Waals surface area contributed by atoms with E-state index in [1.54, 1.807) is 18.2 Å². The summed E-state index contributed by atoms with van der Waals surface area (Å²) in [7, 11) is 0. The van der Waals surface area contributed by atoms with Gasteiger partial charge in [-0.1, -0.05) is 0 Å². The highest BCUT2D eigenvalue weighted by atomic mass is 16.5. The Morgan fingerprint density at radius 2 is 2.10 bits per heavy atom. The Labute approximate surface area is 124 Å². The molecule has 2 rings (SSSR count). The monoisotopic (exact) mass is 288 g/mol. The normalized spacial score (nSPS) is 15.3. The molecule has 0 aliphatic heterocycles. The summed E-state index contributed by atoms with van der Waals surface area (Å²) < 4.78 is 11.4. The van der Waals surface area contributed by atoms with Gasteiger partial charge >= 0.3 is 0 Å². The van der Waals surface area contributed by atoms with Gasteiger partial charge in [0.15, 0.2) is 5.78 Å². The van der Waals surface area contributed by atoms with Crippen LogP contribution in [-0.2, 0) is 4.79 Å².